The first kappa shape index (κ1) is 15.7. The third-order valence-corrected chi connectivity index (χ3v) is 3.54. The zero-order valence-corrected chi connectivity index (χ0v) is 13.4. The normalized spacial score (nSPS) is 10.9. The summed E-state index contributed by atoms with van der Waals surface area (Å²) >= 11 is 0. The van der Waals surface area contributed by atoms with Crippen molar-refractivity contribution < 1.29 is 9.53 Å². The largest absolute Gasteiger partial charge is 0.492 e. The highest BCUT2D eigenvalue weighted by atomic mass is 16.5. The van der Waals surface area contributed by atoms with E-state index in [2.05, 4.69) is 15.0 Å². The number of aryl methyl sites for hydroxylation is 1. The predicted molar refractivity (Wildman–Crippen MR) is 88.6 cm³/mol. The molecule has 2 heterocycles. The van der Waals surface area contributed by atoms with Crippen molar-refractivity contribution in [2.45, 2.75) is 20.3 Å². The Kier molecular flexibility index (Phi) is 4.03. The number of hydrogen-bond donors (Lipinski definition) is 2. The lowest BCUT2D eigenvalue weighted by Gasteiger charge is -2.10. The van der Waals surface area contributed by atoms with E-state index in [0.29, 0.717) is 35.9 Å². The third-order valence-electron chi connectivity index (χ3n) is 3.54. The van der Waals surface area contributed by atoms with Crippen molar-refractivity contribution in [2.75, 3.05) is 6.61 Å². The van der Waals surface area contributed by atoms with E-state index in [9.17, 15) is 9.59 Å². The number of ether oxygens (including phenoxy) is 1. The van der Waals surface area contributed by atoms with Crippen molar-refractivity contribution in [3.05, 3.63) is 46.3 Å². The van der Waals surface area contributed by atoms with Gasteiger partial charge in [-0.1, -0.05) is 19.1 Å². The number of H-pyrrole nitrogens is 1. The molecular weight excluding hydrogens is 310 g/mol. The van der Waals surface area contributed by atoms with Gasteiger partial charge in [0.25, 0.3) is 5.91 Å². The van der Waals surface area contributed by atoms with Gasteiger partial charge in [-0.05, 0) is 19.1 Å². The standard InChI is InChI=1S/C16H17N5O3/c1-3-11-18-12(14(17)22)13-15(19-11)21(16(23)20-13)9-7-5-6-8-10(9)24-4-2/h5-8H,3-4H2,1-2H3,(H2,17,22)(H,20,23). The summed E-state index contributed by atoms with van der Waals surface area (Å²) in [5, 5.41) is 0. The zero-order valence-electron chi connectivity index (χ0n) is 13.4. The number of nitrogens with zero attached hydrogens (tertiary/aromatic N) is 3. The summed E-state index contributed by atoms with van der Waals surface area (Å²) < 4.78 is 6.96. The first-order valence-corrected chi connectivity index (χ1v) is 7.60. The number of para-hydroxylation sites is 2. The number of primary amides is 1. The average Bonchev–Trinajstić information content (AvgIpc) is 2.90. The summed E-state index contributed by atoms with van der Waals surface area (Å²) in [7, 11) is 0. The number of carbonyl (C=O) groups excluding carboxylic acids is 1. The van der Waals surface area contributed by atoms with Crippen molar-refractivity contribution >= 4 is 17.1 Å². The molecule has 0 unspecified atom stereocenters. The molecule has 3 aromatic rings. The highest BCUT2D eigenvalue weighted by molar-refractivity contribution is 6.01. The van der Waals surface area contributed by atoms with Crippen LogP contribution in [0.25, 0.3) is 16.9 Å². The number of nitrogens with one attached hydrogen (secondary N) is 1. The van der Waals surface area contributed by atoms with Gasteiger partial charge in [-0.2, -0.15) is 0 Å². The molecule has 0 aliphatic carbocycles. The lowest BCUT2D eigenvalue weighted by Crippen LogP contribution is -2.16. The number of nitrogens with two attached hydrogens (primary N) is 1. The van der Waals surface area contributed by atoms with Gasteiger partial charge in [0.2, 0.25) is 0 Å². The van der Waals surface area contributed by atoms with E-state index in [-0.39, 0.29) is 11.2 Å². The second-order valence-electron chi connectivity index (χ2n) is 5.07. The van der Waals surface area contributed by atoms with Gasteiger partial charge in [0.15, 0.2) is 11.3 Å². The Balaban J connectivity index is 2.38. The molecular formula is C16H17N5O3. The molecule has 0 radical (unpaired) electrons. The number of aromatic nitrogens is 4. The predicted octanol–water partition coefficient (Wildman–Crippen LogP) is 1.17. The van der Waals surface area contributed by atoms with Gasteiger partial charge < -0.3 is 15.5 Å². The van der Waals surface area contributed by atoms with E-state index in [1.807, 2.05) is 19.9 Å². The number of imidazole rings is 1. The van der Waals surface area contributed by atoms with Gasteiger partial charge in [0, 0.05) is 6.42 Å². The summed E-state index contributed by atoms with van der Waals surface area (Å²) in [4.78, 5) is 35.3. The van der Waals surface area contributed by atoms with Gasteiger partial charge in [0.1, 0.15) is 17.1 Å². The first-order chi connectivity index (χ1) is 11.6. The summed E-state index contributed by atoms with van der Waals surface area (Å²) in [5.41, 5.74) is 6.00. The minimum Gasteiger partial charge on any atom is -0.492 e. The molecule has 124 valence electrons. The number of aromatic amines is 1. The molecule has 1 aromatic carbocycles. The fourth-order valence-electron chi connectivity index (χ4n) is 2.51. The van der Waals surface area contributed by atoms with Gasteiger partial charge >= 0.3 is 5.69 Å². The molecule has 0 aliphatic heterocycles. The van der Waals surface area contributed by atoms with Crippen LogP contribution in [0.15, 0.2) is 29.1 Å². The fourth-order valence-corrected chi connectivity index (χ4v) is 2.51. The van der Waals surface area contributed by atoms with E-state index < -0.39 is 11.6 Å². The quantitative estimate of drug-likeness (QED) is 0.729. The van der Waals surface area contributed by atoms with E-state index in [1.165, 1.54) is 4.57 Å². The summed E-state index contributed by atoms with van der Waals surface area (Å²) in [6, 6.07) is 7.12. The molecule has 0 atom stereocenters. The SMILES string of the molecule is CCOc1ccccc1-n1c(=O)[nH]c2c(C(N)=O)nc(CC)nc21. The van der Waals surface area contributed by atoms with E-state index >= 15 is 0 Å². The molecule has 24 heavy (non-hydrogen) atoms. The van der Waals surface area contributed by atoms with Crippen molar-refractivity contribution in [3.63, 3.8) is 0 Å². The van der Waals surface area contributed by atoms with E-state index in [1.54, 1.807) is 18.2 Å². The first-order valence-electron chi connectivity index (χ1n) is 7.60. The maximum atomic E-state index is 12.5. The highest BCUT2D eigenvalue weighted by Gasteiger charge is 2.20. The molecule has 2 aromatic heterocycles. The van der Waals surface area contributed by atoms with Crippen LogP contribution in [-0.2, 0) is 6.42 Å². The second kappa shape index (κ2) is 6.15. The third kappa shape index (κ3) is 2.51. The van der Waals surface area contributed by atoms with Crippen LogP contribution in [0, 0.1) is 0 Å². The van der Waals surface area contributed by atoms with Gasteiger partial charge in [-0.3, -0.25) is 4.79 Å². The molecule has 0 fully saturated rings. The Morgan fingerprint density at radius 1 is 1.29 bits per heavy atom. The molecule has 3 N–H and O–H groups in total. The highest BCUT2D eigenvalue weighted by Crippen LogP contribution is 2.24. The van der Waals surface area contributed by atoms with Crippen LogP contribution in [0.1, 0.15) is 30.2 Å². The lowest BCUT2D eigenvalue weighted by atomic mass is 10.2. The van der Waals surface area contributed by atoms with Crippen LogP contribution in [0.3, 0.4) is 0 Å². The Bertz CT molecular complexity index is 973. The second-order valence-corrected chi connectivity index (χ2v) is 5.07. The van der Waals surface area contributed by atoms with Crippen molar-refractivity contribution in [1.82, 2.24) is 19.5 Å². The molecule has 1 amide bonds. The molecule has 0 saturated heterocycles. The number of fused-ring (bicyclic) bond motifs is 1. The molecule has 8 nitrogen and oxygen atoms in total. The van der Waals surface area contributed by atoms with E-state index in [4.69, 9.17) is 10.5 Å². The monoisotopic (exact) mass is 327 g/mol. The van der Waals surface area contributed by atoms with Gasteiger partial charge in [0.05, 0.1) is 12.3 Å². The van der Waals surface area contributed by atoms with Crippen molar-refractivity contribution in [3.8, 4) is 11.4 Å². The number of carbonyl (C=O) groups is 1. The fraction of sp³-hybridized carbons (Fsp3) is 0.250. The Morgan fingerprint density at radius 3 is 2.71 bits per heavy atom. The van der Waals surface area contributed by atoms with Crippen LogP contribution in [-0.4, -0.2) is 32.0 Å². The molecule has 0 aliphatic rings. The minimum atomic E-state index is -0.719. The van der Waals surface area contributed by atoms with E-state index in [0.717, 1.165) is 0 Å². The molecule has 3 rings (SSSR count). The molecule has 8 heteroatoms. The Labute approximate surface area is 137 Å². The molecule has 0 spiro atoms. The Morgan fingerprint density at radius 2 is 2.04 bits per heavy atom. The number of rotatable bonds is 5. The summed E-state index contributed by atoms with van der Waals surface area (Å²) in [6.45, 7) is 4.17. The van der Waals surface area contributed by atoms with Crippen LogP contribution < -0.4 is 16.2 Å². The summed E-state index contributed by atoms with van der Waals surface area (Å²) in [5.74, 6) is 0.252. The number of amides is 1. The molecule has 0 bridgehead atoms. The topological polar surface area (TPSA) is 116 Å². The maximum absolute atomic E-state index is 12.5. The van der Waals surface area contributed by atoms with Crippen LogP contribution in [0.4, 0.5) is 0 Å². The molecule has 0 saturated carbocycles. The van der Waals surface area contributed by atoms with Crippen LogP contribution in [0.2, 0.25) is 0 Å². The Hall–Kier alpha value is -3.16. The number of hydrogen-bond acceptors (Lipinski definition) is 5. The summed E-state index contributed by atoms with van der Waals surface area (Å²) in [6.07, 6.45) is 0.503. The smallest absolute Gasteiger partial charge is 0.332 e. The van der Waals surface area contributed by atoms with Gasteiger partial charge in [-0.15, -0.1) is 0 Å². The van der Waals surface area contributed by atoms with Crippen LogP contribution >= 0.6 is 0 Å². The zero-order chi connectivity index (χ0) is 17.3. The van der Waals surface area contributed by atoms with Gasteiger partial charge in [-0.25, -0.2) is 19.3 Å². The minimum absolute atomic E-state index is 0.00147. The average molecular weight is 327 g/mol. The van der Waals surface area contributed by atoms with Crippen LogP contribution in [0.5, 0.6) is 5.75 Å². The lowest BCUT2D eigenvalue weighted by molar-refractivity contribution is 0.0996. The maximum Gasteiger partial charge on any atom is 0.332 e. The number of benzene rings is 1. The van der Waals surface area contributed by atoms with Crippen molar-refractivity contribution in [2.24, 2.45) is 5.73 Å². The van der Waals surface area contributed by atoms with Crippen molar-refractivity contribution in [1.29, 1.82) is 0 Å².